The van der Waals surface area contributed by atoms with Crippen LogP contribution >= 0.6 is 0 Å². The van der Waals surface area contributed by atoms with Gasteiger partial charge in [-0.2, -0.15) is 0 Å². The van der Waals surface area contributed by atoms with Gasteiger partial charge in [0.1, 0.15) is 6.04 Å². The molecule has 0 heterocycles. The van der Waals surface area contributed by atoms with Crippen LogP contribution < -0.4 is 11.1 Å². The highest BCUT2D eigenvalue weighted by Crippen LogP contribution is 2.15. The highest BCUT2D eigenvalue weighted by Gasteiger charge is 2.24. The number of hydrogen-bond acceptors (Lipinski definition) is 4. The minimum atomic E-state index is -1.48. The van der Waals surface area contributed by atoms with Crippen molar-refractivity contribution in [1.82, 2.24) is 5.32 Å². The Balaban J connectivity index is 2.91. The number of amides is 1. The van der Waals surface area contributed by atoms with Gasteiger partial charge >= 0.3 is 11.9 Å². The molecule has 1 unspecified atom stereocenters. The summed E-state index contributed by atoms with van der Waals surface area (Å²) in [4.78, 5) is 33.3. The molecular formula is C12H14N2O5. The van der Waals surface area contributed by atoms with E-state index in [0.717, 1.165) is 0 Å². The number of hydrogen-bond donors (Lipinski definition) is 4. The molecule has 5 N–H and O–H groups in total. The molecule has 0 saturated carbocycles. The number of carbonyl (C=O) groups excluding carboxylic acids is 1. The Kier molecular flexibility index (Phi) is 4.46. The van der Waals surface area contributed by atoms with Crippen molar-refractivity contribution in [2.45, 2.75) is 19.4 Å². The van der Waals surface area contributed by atoms with Gasteiger partial charge in [-0.05, 0) is 24.6 Å². The van der Waals surface area contributed by atoms with E-state index in [9.17, 15) is 14.4 Å². The number of nitrogens with two attached hydrogens (primary N) is 1. The van der Waals surface area contributed by atoms with Gasteiger partial charge in [0.05, 0.1) is 6.42 Å². The van der Waals surface area contributed by atoms with E-state index in [2.05, 4.69) is 5.32 Å². The van der Waals surface area contributed by atoms with E-state index in [4.69, 9.17) is 15.9 Å². The Hall–Kier alpha value is -2.57. The molecule has 0 aromatic heterocycles. The first-order chi connectivity index (χ1) is 8.82. The molecule has 102 valence electrons. The van der Waals surface area contributed by atoms with Crippen LogP contribution in [-0.2, 0) is 9.59 Å². The molecule has 1 atom stereocenters. The van der Waals surface area contributed by atoms with Crippen molar-refractivity contribution in [3.63, 3.8) is 0 Å². The van der Waals surface area contributed by atoms with Crippen LogP contribution in [0, 0.1) is 6.92 Å². The first-order valence-electron chi connectivity index (χ1n) is 5.43. The fraction of sp³-hybridized carbons (Fsp3) is 0.250. The molecule has 0 radical (unpaired) electrons. The summed E-state index contributed by atoms with van der Waals surface area (Å²) in [5.74, 6) is -3.38. The second-order valence-electron chi connectivity index (χ2n) is 3.98. The van der Waals surface area contributed by atoms with E-state index >= 15 is 0 Å². The summed E-state index contributed by atoms with van der Waals surface area (Å²) in [5.41, 5.74) is 6.77. The molecule has 1 amide bonds. The summed E-state index contributed by atoms with van der Waals surface area (Å²) in [7, 11) is 0. The van der Waals surface area contributed by atoms with Crippen molar-refractivity contribution in [3.05, 3.63) is 29.3 Å². The third kappa shape index (κ3) is 3.70. The number of anilines is 1. The van der Waals surface area contributed by atoms with Gasteiger partial charge in [0.25, 0.3) is 5.91 Å². The Labute approximate surface area is 109 Å². The molecule has 1 aromatic rings. The van der Waals surface area contributed by atoms with Crippen molar-refractivity contribution in [1.29, 1.82) is 0 Å². The summed E-state index contributed by atoms with van der Waals surface area (Å²) in [6.45, 7) is 1.62. The lowest BCUT2D eigenvalue weighted by molar-refractivity contribution is -0.145. The predicted octanol–water partition coefficient (Wildman–Crippen LogP) is 0.235. The molecule has 7 heteroatoms. The zero-order chi connectivity index (χ0) is 14.6. The maximum Gasteiger partial charge on any atom is 0.326 e. The van der Waals surface area contributed by atoms with Crippen LogP contribution in [0.15, 0.2) is 18.2 Å². The van der Waals surface area contributed by atoms with Gasteiger partial charge in [0.15, 0.2) is 0 Å². The first-order valence-corrected chi connectivity index (χ1v) is 5.43. The van der Waals surface area contributed by atoms with E-state index in [1.807, 2.05) is 0 Å². The standard InChI is InChI=1S/C12H14N2O5/c1-6-7(3-2-4-8(6)13)11(17)14-9(12(18)19)5-10(15)16/h2-4,9H,5,13H2,1H3,(H,14,17)(H,15,16)(H,18,19). The second kappa shape index (κ2) is 5.85. The van der Waals surface area contributed by atoms with Gasteiger partial charge in [-0.25, -0.2) is 4.79 Å². The Morgan fingerprint density at radius 2 is 1.95 bits per heavy atom. The van der Waals surface area contributed by atoms with Gasteiger partial charge in [0, 0.05) is 11.3 Å². The minimum absolute atomic E-state index is 0.219. The number of carboxylic acids is 2. The van der Waals surface area contributed by atoms with Gasteiger partial charge in [-0.15, -0.1) is 0 Å². The molecular weight excluding hydrogens is 252 g/mol. The SMILES string of the molecule is Cc1c(N)cccc1C(=O)NC(CC(=O)O)C(=O)O. The summed E-state index contributed by atoms with van der Waals surface area (Å²) in [6, 6.07) is 3.18. The van der Waals surface area contributed by atoms with Crippen molar-refractivity contribution in [3.8, 4) is 0 Å². The van der Waals surface area contributed by atoms with E-state index in [1.165, 1.54) is 6.07 Å². The predicted molar refractivity (Wildman–Crippen MR) is 66.7 cm³/mol. The molecule has 0 spiro atoms. The van der Waals surface area contributed by atoms with Crippen LogP contribution in [0.1, 0.15) is 22.3 Å². The minimum Gasteiger partial charge on any atom is -0.481 e. The van der Waals surface area contributed by atoms with E-state index < -0.39 is 30.3 Å². The summed E-state index contributed by atoms with van der Waals surface area (Å²) in [5, 5.41) is 19.6. The topological polar surface area (TPSA) is 130 Å². The molecule has 7 nitrogen and oxygen atoms in total. The fourth-order valence-corrected chi connectivity index (χ4v) is 1.51. The maximum atomic E-state index is 11.9. The van der Waals surface area contributed by atoms with E-state index in [0.29, 0.717) is 11.3 Å². The van der Waals surface area contributed by atoms with Gasteiger partial charge in [-0.3, -0.25) is 9.59 Å². The van der Waals surface area contributed by atoms with Crippen LogP contribution in [0.5, 0.6) is 0 Å². The lowest BCUT2D eigenvalue weighted by atomic mass is 10.1. The highest BCUT2D eigenvalue weighted by atomic mass is 16.4. The zero-order valence-corrected chi connectivity index (χ0v) is 10.2. The molecule has 0 saturated heterocycles. The molecule has 19 heavy (non-hydrogen) atoms. The molecule has 1 rings (SSSR count). The van der Waals surface area contributed by atoms with Crippen LogP contribution in [0.4, 0.5) is 5.69 Å². The maximum absolute atomic E-state index is 11.9. The van der Waals surface area contributed by atoms with Crippen LogP contribution in [0.3, 0.4) is 0 Å². The smallest absolute Gasteiger partial charge is 0.326 e. The van der Waals surface area contributed by atoms with Crippen molar-refractivity contribution in [2.75, 3.05) is 5.73 Å². The lowest BCUT2D eigenvalue weighted by Gasteiger charge is -2.14. The number of benzene rings is 1. The summed E-state index contributed by atoms with van der Waals surface area (Å²) in [6.07, 6.45) is -0.692. The monoisotopic (exact) mass is 266 g/mol. The molecule has 0 aliphatic carbocycles. The van der Waals surface area contributed by atoms with Crippen molar-refractivity contribution >= 4 is 23.5 Å². The van der Waals surface area contributed by atoms with Gasteiger partial charge < -0.3 is 21.3 Å². The molecule has 0 aliphatic rings. The number of nitrogen functional groups attached to an aromatic ring is 1. The Morgan fingerprint density at radius 1 is 1.32 bits per heavy atom. The average molecular weight is 266 g/mol. The van der Waals surface area contributed by atoms with Crippen LogP contribution in [0.25, 0.3) is 0 Å². The van der Waals surface area contributed by atoms with E-state index in [1.54, 1.807) is 19.1 Å². The van der Waals surface area contributed by atoms with Gasteiger partial charge in [0.2, 0.25) is 0 Å². The highest BCUT2D eigenvalue weighted by molar-refractivity contribution is 5.99. The van der Waals surface area contributed by atoms with Crippen LogP contribution in [-0.4, -0.2) is 34.1 Å². The number of carboxylic acid groups (broad SMARTS) is 2. The summed E-state index contributed by atoms with van der Waals surface area (Å²) >= 11 is 0. The lowest BCUT2D eigenvalue weighted by Crippen LogP contribution is -2.42. The fourth-order valence-electron chi connectivity index (χ4n) is 1.51. The van der Waals surface area contributed by atoms with Crippen LogP contribution in [0.2, 0.25) is 0 Å². The average Bonchev–Trinajstić information content (AvgIpc) is 2.31. The molecule has 0 bridgehead atoms. The third-order valence-electron chi connectivity index (χ3n) is 2.60. The summed E-state index contributed by atoms with van der Waals surface area (Å²) < 4.78 is 0. The quantitative estimate of drug-likeness (QED) is 0.565. The molecule has 0 fully saturated rings. The van der Waals surface area contributed by atoms with Crippen molar-refractivity contribution in [2.24, 2.45) is 0 Å². The Bertz CT molecular complexity index is 527. The largest absolute Gasteiger partial charge is 0.481 e. The third-order valence-corrected chi connectivity index (χ3v) is 2.60. The number of rotatable bonds is 5. The number of nitrogens with one attached hydrogen (secondary N) is 1. The normalized spacial score (nSPS) is 11.6. The first kappa shape index (κ1) is 14.5. The Morgan fingerprint density at radius 3 is 2.47 bits per heavy atom. The molecule has 1 aromatic carbocycles. The van der Waals surface area contributed by atoms with Gasteiger partial charge in [-0.1, -0.05) is 6.07 Å². The van der Waals surface area contributed by atoms with Crippen molar-refractivity contribution < 1.29 is 24.6 Å². The van der Waals surface area contributed by atoms with E-state index in [-0.39, 0.29) is 5.56 Å². The zero-order valence-electron chi connectivity index (χ0n) is 10.2. The number of aliphatic carboxylic acids is 2. The second-order valence-corrected chi connectivity index (χ2v) is 3.98. The number of carbonyl (C=O) groups is 3. The molecule has 0 aliphatic heterocycles.